The molecule has 5 rings (SSSR count). The second-order valence-electron chi connectivity index (χ2n) is 8.14. The molecule has 0 aliphatic heterocycles. The molecule has 174 valence electrons. The number of aryl methyl sites for hydroxylation is 2. The summed E-state index contributed by atoms with van der Waals surface area (Å²) in [6.45, 7) is 3.80. The van der Waals surface area contributed by atoms with E-state index >= 15 is 0 Å². The number of para-hydroxylation sites is 2. The van der Waals surface area contributed by atoms with E-state index in [1.165, 1.54) is 15.6 Å². The minimum Gasteiger partial charge on any atom is -0.486 e. The summed E-state index contributed by atoms with van der Waals surface area (Å²) in [6, 6.07) is 23.9. The summed E-state index contributed by atoms with van der Waals surface area (Å²) in [5, 5.41) is 7.89. The maximum absolute atomic E-state index is 13.3. The van der Waals surface area contributed by atoms with Crippen LogP contribution >= 0.6 is 0 Å². The highest BCUT2D eigenvalue weighted by molar-refractivity contribution is 5.81. The van der Waals surface area contributed by atoms with Gasteiger partial charge in [-0.25, -0.2) is 9.67 Å². The molecule has 0 fully saturated rings. The molecule has 8 nitrogen and oxygen atoms in total. The molecule has 0 saturated carbocycles. The molecule has 0 unspecified atom stereocenters. The Morgan fingerprint density at radius 3 is 2.40 bits per heavy atom. The van der Waals surface area contributed by atoms with Crippen LogP contribution in [0.5, 0.6) is 5.75 Å². The molecule has 1 N–H and O–H groups in total. The SMILES string of the molecule is Cc1ccc(-n2[nH]c(C)c(/C=N\n3c(COc4ccccc4)nc4ccccc4c3=O)c2=O)cc1. The standard InChI is InChI=1S/C27H23N5O3/c1-18-12-14-20(15-13-18)31-27(34)23(19(2)30-31)16-28-32-25(17-35-21-8-4-3-5-9-21)29-24-11-7-6-10-22(24)26(32)33/h3-16,30H,17H2,1-2H3/b28-16-. The first kappa shape index (κ1) is 22.1. The molecule has 0 spiro atoms. The Hall–Kier alpha value is -4.72. The van der Waals surface area contributed by atoms with Crippen molar-refractivity contribution < 1.29 is 4.74 Å². The minimum absolute atomic E-state index is 0.0289. The van der Waals surface area contributed by atoms with Crippen molar-refractivity contribution in [3.05, 3.63) is 122 Å². The van der Waals surface area contributed by atoms with Gasteiger partial charge in [-0.05, 0) is 50.2 Å². The molecule has 35 heavy (non-hydrogen) atoms. The van der Waals surface area contributed by atoms with Gasteiger partial charge in [0.25, 0.3) is 11.1 Å². The van der Waals surface area contributed by atoms with Crippen molar-refractivity contribution in [2.24, 2.45) is 5.10 Å². The van der Waals surface area contributed by atoms with Crippen LogP contribution in [-0.2, 0) is 6.61 Å². The summed E-state index contributed by atoms with van der Waals surface area (Å²) in [5.41, 5.74) is 2.73. The summed E-state index contributed by atoms with van der Waals surface area (Å²) in [5.74, 6) is 0.966. The van der Waals surface area contributed by atoms with Crippen LogP contribution in [0, 0.1) is 13.8 Å². The van der Waals surface area contributed by atoms with Gasteiger partial charge in [0.2, 0.25) is 0 Å². The molecular weight excluding hydrogens is 442 g/mol. The monoisotopic (exact) mass is 465 g/mol. The summed E-state index contributed by atoms with van der Waals surface area (Å²) >= 11 is 0. The number of aromatic amines is 1. The number of benzene rings is 3. The van der Waals surface area contributed by atoms with Gasteiger partial charge in [0.05, 0.1) is 28.4 Å². The van der Waals surface area contributed by atoms with Crippen LogP contribution in [0.3, 0.4) is 0 Å². The lowest BCUT2D eigenvalue weighted by Crippen LogP contribution is -2.24. The zero-order valence-corrected chi connectivity index (χ0v) is 19.3. The van der Waals surface area contributed by atoms with Gasteiger partial charge >= 0.3 is 0 Å². The molecule has 0 aliphatic carbocycles. The van der Waals surface area contributed by atoms with Gasteiger partial charge in [-0.15, -0.1) is 0 Å². The topological polar surface area (TPSA) is 94.3 Å². The van der Waals surface area contributed by atoms with E-state index in [9.17, 15) is 9.59 Å². The molecular formula is C27H23N5O3. The lowest BCUT2D eigenvalue weighted by atomic mass is 10.2. The summed E-state index contributed by atoms with van der Waals surface area (Å²) < 4.78 is 8.48. The van der Waals surface area contributed by atoms with E-state index in [2.05, 4.69) is 15.2 Å². The molecule has 2 aromatic heterocycles. The lowest BCUT2D eigenvalue weighted by Gasteiger charge is -2.10. The zero-order chi connectivity index (χ0) is 24.4. The number of nitrogens with one attached hydrogen (secondary N) is 1. The maximum atomic E-state index is 13.3. The van der Waals surface area contributed by atoms with Gasteiger partial charge in [0, 0.05) is 5.69 Å². The van der Waals surface area contributed by atoms with Gasteiger partial charge in [-0.2, -0.15) is 9.78 Å². The van der Waals surface area contributed by atoms with Crippen molar-refractivity contribution in [1.82, 2.24) is 19.4 Å². The van der Waals surface area contributed by atoms with E-state index in [1.807, 2.05) is 67.6 Å². The van der Waals surface area contributed by atoms with Crippen LogP contribution in [-0.4, -0.2) is 25.7 Å². The summed E-state index contributed by atoms with van der Waals surface area (Å²) in [4.78, 5) is 31.0. The third-order valence-electron chi connectivity index (χ3n) is 5.64. The molecule has 0 aliphatic rings. The number of H-pyrrole nitrogens is 1. The maximum Gasteiger partial charge on any atom is 0.282 e. The van der Waals surface area contributed by atoms with Crippen molar-refractivity contribution in [3.63, 3.8) is 0 Å². The first-order valence-corrected chi connectivity index (χ1v) is 11.1. The van der Waals surface area contributed by atoms with Crippen molar-refractivity contribution in [3.8, 4) is 11.4 Å². The van der Waals surface area contributed by atoms with E-state index in [1.54, 1.807) is 25.1 Å². The fourth-order valence-corrected chi connectivity index (χ4v) is 3.75. The molecule has 0 bridgehead atoms. The number of rotatable bonds is 6. The van der Waals surface area contributed by atoms with E-state index in [0.29, 0.717) is 39.4 Å². The van der Waals surface area contributed by atoms with Crippen LogP contribution in [0.2, 0.25) is 0 Å². The minimum atomic E-state index is -0.342. The Morgan fingerprint density at radius 1 is 0.914 bits per heavy atom. The highest BCUT2D eigenvalue weighted by atomic mass is 16.5. The third kappa shape index (κ3) is 4.41. The van der Waals surface area contributed by atoms with E-state index < -0.39 is 0 Å². The molecule has 0 atom stereocenters. The predicted octanol–water partition coefficient (Wildman–Crippen LogP) is 3.95. The Kier molecular flexibility index (Phi) is 5.85. The van der Waals surface area contributed by atoms with Crippen LogP contribution in [0.15, 0.2) is 93.6 Å². The number of hydrogen-bond donors (Lipinski definition) is 1. The number of fused-ring (bicyclic) bond motifs is 1. The molecule has 0 amide bonds. The average Bonchev–Trinajstić information content (AvgIpc) is 3.16. The Bertz CT molecular complexity index is 1650. The third-order valence-corrected chi connectivity index (χ3v) is 5.64. The highest BCUT2D eigenvalue weighted by Crippen LogP contribution is 2.13. The average molecular weight is 466 g/mol. The van der Waals surface area contributed by atoms with Gasteiger partial charge in [-0.3, -0.25) is 14.7 Å². The fraction of sp³-hybridized carbons (Fsp3) is 0.111. The smallest absolute Gasteiger partial charge is 0.282 e. The van der Waals surface area contributed by atoms with Crippen LogP contribution in [0.25, 0.3) is 16.6 Å². The molecule has 2 heterocycles. The Morgan fingerprint density at radius 2 is 1.63 bits per heavy atom. The number of aromatic nitrogens is 4. The van der Waals surface area contributed by atoms with Gasteiger partial charge < -0.3 is 4.74 Å². The first-order chi connectivity index (χ1) is 17.0. The molecule has 3 aromatic carbocycles. The molecule has 0 radical (unpaired) electrons. The van der Waals surface area contributed by atoms with Crippen molar-refractivity contribution in [1.29, 1.82) is 0 Å². The van der Waals surface area contributed by atoms with Crippen molar-refractivity contribution in [2.75, 3.05) is 0 Å². The van der Waals surface area contributed by atoms with Crippen molar-refractivity contribution >= 4 is 17.1 Å². The normalized spacial score (nSPS) is 11.4. The fourth-order valence-electron chi connectivity index (χ4n) is 3.75. The number of ether oxygens (including phenoxy) is 1. The molecule has 8 heteroatoms. The van der Waals surface area contributed by atoms with Gasteiger partial charge in [0.1, 0.15) is 12.4 Å². The largest absolute Gasteiger partial charge is 0.486 e. The molecule has 0 saturated heterocycles. The summed E-state index contributed by atoms with van der Waals surface area (Å²) in [6.07, 6.45) is 1.39. The van der Waals surface area contributed by atoms with Gasteiger partial charge in [-0.1, -0.05) is 48.0 Å². The van der Waals surface area contributed by atoms with Crippen molar-refractivity contribution in [2.45, 2.75) is 20.5 Å². The highest BCUT2D eigenvalue weighted by Gasteiger charge is 2.14. The number of hydrogen-bond acceptors (Lipinski definition) is 5. The van der Waals surface area contributed by atoms with E-state index in [0.717, 1.165) is 5.56 Å². The van der Waals surface area contributed by atoms with Crippen LogP contribution in [0.1, 0.15) is 22.6 Å². The second-order valence-corrected chi connectivity index (χ2v) is 8.14. The number of nitrogens with zero attached hydrogens (tertiary/aromatic N) is 4. The van der Waals surface area contributed by atoms with Crippen LogP contribution in [0.4, 0.5) is 0 Å². The first-order valence-electron chi connectivity index (χ1n) is 11.1. The Balaban J connectivity index is 1.56. The lowest BCUT2D eigenvalue weighted by molar-refractivity contribution is 0.289. The van der Waals surface area contributed by atoms with E-state index in [-0.39, 0.29) is 17.7 Å². The van der Waals surface area contributed by atoms with E-state index in [4.69, 9.17) is 4.74 Å². The second kappa shape index (κ2) is 9.26. The Labute approximate surface area is 200 Å². The van der Waals surface area contributed by atoms with Gasteiger partial charge in [0.15, 0.2) is 5.82 Å². The summed E-state index contributed by atoms with van der Waals surface area (Å²) in [7, 11) is 0. The zero-order valence-electron chi connectivity index (χ0n) is 19.3. The quantitative estimate of drug-likeness (QED) is 0.384. The predicted molar refractivity (Wildman–Crippen MR) is 136 cm³/mol. The van der Waals surface area contributed by atoms with Crippen LogP contribution < -0.4 is 15.9 Å². The molecule has 5 aromatic rings.